The van der Waals surface area contributed by atoms with Gasteiger partial charge in [0.05, 0.1) is 0 Å². The maximum absolute atomic E-state index is 12.0. The van der Waals surface area contributed by atoms with E-state index in [4.69, 9.17) is 0 Å². The minimum Gasteiger partial charge on any atom is -0.355 e. The fraction of sp³-hybridized carbons (Fsp3) is 0.941. The van der Waals surface area contributed by atoms with Gasteiger partial charge in [-0.1, -0.05) is 27.7 Å². The first-order valence-corrected chi connectivity index (χ1v) is 8.50. The molecule has 0 radical (unpaired) electrons. The highest BCUT2D eigenvalue weighted by Crippen LogP contribution is 2.28. The summed E-state index contributed by atoms with van der Waals surface area (Å²) in [5.74, 6) is 0.787. The molecular formula is C17H33N3O. The third-order valence-electron chi connectivity index (χ3n) is 4.90. The summed E-state index contributed by atoms with van der Waals surface area (Å²) in [7, 11) is 0. The number of rotatable bonds is 4. The second-order valence-corrected chi connectivity index (χ2v) is 8.44. The zero-order valence-corrected chi connectivity index (χ0v) is 14.3. The fourth-order valence-electron chi connectivity index (χ4n) is 3.51. The SMILES string of the molecule is CC1(CN2CCCC(CNC(=O)C(C)(C)C)C2)CCNC1. The van der Waals surface area contributed by atoms with E-state index >= 15 is 0 Å². The number of nitrogens with one attached hydrogen (secondary N) is 2. The van der Waals surface area contributed by atoms with Gasteiger partial charge in [-0.2, -0.15) is 0 Å². The van der Waals surface area contributed by atoms with Crippen molar-refractivity contribution in [3.8, 4) is 0 Å². The number of carbonyl (C=O) groups excluding carboxylic acids is 1. The molecule has 2 aliphatic rings. The second kappa shape index (κ2) is 6.66. The van der Waals surface area contributed by atoms with Gasteiger partial charge in [0.2, 0.25) is 5.91 Å². The number of piperidine rings is 1. The standard InChI is InChI=1S/C17H33N3O/c1-16(2,3)15(21)19-10-14-6-5-9-20(11-14)13-17(4)7-8-18-12-17/h14,18H,5-13H2,1-4H3,(H,19,21). The molecule has 2 heterocycles. The first kappa shape index (κ1) is 16.8. The van der Waals surface area contributed by atoms with E-state index in [9.17, 15) is 4.79 Å². The van der Waals surface area contributed by atoms with Gasteiger partial charge >= 0.3 is 0 Å². The summed E-state index contributed by atoms with van der Waals surface area (Å²) >= 11 is 0. The summed E-state index contributed by atoms with van der Waals surface area (Å²) in [6.45, 7) is 15.0. The van der Waals surface area contributed by atoms with Gasteiger partial charge in [-0.05, 0) is 43.7 Å². The van der Waals surface area contributed by atoms with Gasteiger partial charge in [0.25, 0.3) is 0 Å². The van der Waals surface area contributed by atoms with Gasteiger partial charge in [0.15, 0.2) is 0 Å². The normalized spacial score (nSPS) is 31.3. The maximum atomic E-state index is 12.0. The topological polar surface area (TPSA) is 44.4 Å². The monoisotopic (exact) mass is 295 g/mol. The molecule has 2 saturated heterocycles. The molecule has 0 bridgehead atoms. The van der Waals surface area contributed by atoms with Crippen LogP contribution in [0.15, 0.2) is 0 Å². The van der Waals surface area contributed by atoms with E-state index in [0.717, 1.165) is 26.2 Å². The molecule has 4 nitrogen and oxygen atoms in total. The molecule has 2 atom stereocenters. The summed E-state index contributed by atoms with van der Waals surface area (Å²) in [4.78, 5) is 14.6. The number of hydrogen-bond donors (Lipinski definition) is 2. The third kappa shape index (κ3) is 4.96. The molecule has 0 saturated carbocycles. The predicted molar refractivity (Wildman–Crippen MR) is 87.2 cm³/mol. The van der Waals surface area contributed by atoms with Gasteiger partial charge < -0.3 is 15.5 Å². The molecule has 2 fully saturated rings. The lowest BCUT2D eigenvalue weighted by Crippen LogP contribution is -2.46. The summed E-state index contributed by atoms with van der Waals surface area (Å²) in [6.07, 6.45) is 3.80. The third-order valence-corrected chi connectivity index (χ3v) is 4.90. The molecule has 2 rings (SSSR count). The Hall–Kier alpha value is -0.610. The van der Waals surface area contributed by atoms with Crippen LogP contribution in [0.1, 0.15) is 47.0 Å². The zero-order chi connectivity index (χ0) is 15.5. The Morgan fingerprint density at radius 3 is 2.81 bits per heavy atom. The first-order valence-electron chi connectivity index (χ1n) is 8.50. The summed E-state index contributed by atoms with van der Waals surface area (Å²) in [5, 5.41) is 6.62. The molecule has 122 valence electrons. The molecule has 2 aliphatic heterocycles. The van der Waals surface area contributed by atoms with Crippen molar-refractivity contribution in [1.29, 1.82) is 0 Å². The van der Waals surface area contributed by atoms with Crippen molar-refractivity contribution in [2.24, 2.45) is 16.7 Å². The van der Waals surface area contributed by atoms with Gasteiger partial charge in [0, 0.05) is 31.6 Å². The Labute approximate surface area is 130 Å². The Morgan fingerprint density at radius 2 is 2.19 bits per heavy atom. The highest BCUT2D eigenvalue weighted by Gasteiger charge is 2.32. The van der Waals surface area contributed by atoms with Crippen molar-refractivity contribution in [3.05, 3.63) is 0 Å². The van der Waals surface area contributed by atoms with Crippen LogP contribution in [0, 0.1) is 16.7 Å². The molecule has 2 unspecified atom stereocenters. The van der Waals surface area contributed by atoms with Crippen molar-refractivity contribution < 1.29 is 4.79 Å². The molecule has 21 heavy (non-hydrogen) atoms. The van der Waals surface area contributed by atoms with E-state index in [0.29, 0.717) is 11.3 Å². The van der Waals surface area contributed by atoms with Crippen LogP contribution in [0.2, 0.25) is 0 Å². The minimum atomic E-state index is -0.280. The summed E-state index contributed by atoms with van der Waals surface area (Å²) < 4.78 is 0. The average molecular weight is 295 g/mol. The van der Waals surface area contributed by atoms with Crippen molar-refractivity contribution >= 4 is 5.91 Å². The highest BCUT2D eigenvalue weighted by molar-refractivity contribution is 5.81. The average Bonchev–Trinajstić information content (AvgIpc) is 2.81. The number of likely N-dealkylation sites (tertiary alicyclic amines) is 1. The van der Waals surface area contributed by atoms with Crippen LogP contribution in [0.5, 0.6) is 0 Å². The van der Waals surface area contributed by atoms with Crippen LogP contribution in [0.3, 0.4) is 0 Å². The second-order valence-electron chi connectivity index (χ2n) is 8.44. The van der Waals surface area contributed by atoms with Crippen LogP contribution >= 0.6 is 0 Å². The van der Waals surface area contributed by atoms with Crippen molar-refractivity contribution in [3.63, 3.8) is 0 Å². The summed E-state index contributed by atoms with van der Waals surface area (Å²) in [5.41, 5.74) is 0.161. The summed E-state index contributed by atoms with van der Waals surface area (Å²) in [6, 6.07) is 0. The predicted octanol–water partition coefficient (Wildman–Crippen LogP) is 1.86. The van der Waals surface area contributed by atoms with Crippen LogP contribution in [0.25, 0.3) is 0 Å². The van der Waals surface area contributed by atoms with E-state index in [1.54, 1.807) is 0 Å². The van der Waals surface area contributed by atoms with E-state index in [-0.39, 0.29) is 11.3 Å². The Balaban J connectivity index is 1.77. The Bertz CT molecular complexity index is 356. The van der Waals surface area contributed by atoms with Crippen molar-refractivity contribution in [2.45, 2.75) is 47.0 Å². The van der Waals surface area contributed by atoms with Crippen molar-refractivity contribution in [2.75, 3.05) is 39.3 Å². The number of amides is 1. The van der Waals surface area contributed by atoms with Crippen LogP contribution < -0.4 is 10.6 Å². The van der Waals surface area contributed by atoms with E-state index in [2.05, 4.69) is 22.5 Å². The zero-order valence-electron chi connectivity index (χ0n) is 14.3. The first-order chi connectivity index (χ1) is 9.78. The lowest BCUT2D eigenvalue weighted by molar-refractivity contribution is -0.128. The van der Waals surface area contributed by atoms with Gasteiger partial charge in [-0.3, -0.25) is 4.79 Å². The lowest BCUT2D eigenvalue weighted by atomic mass is 9.87. The highest BCUT2D eigenvalue weighted by atomic mass is 16.2. The van der Waals surface area contributed by atoms with Crippen LogP contribution in [0.4, 0.5) is 0 Å². The molecule has 2 N–H and O–H groups in total. The molecule has 0 aliphatic carbocycles. The van der Waals surface area contributed by atoms with E-state index in [1.807, 2.05) is 20.8 Å². The maximum Gasteiger partial charge on any atom is 0.225 e. The fourth-order valence-corrected chi connectivity index (χ4v) is 3.51. The Kier molecular flexibility index (Phi) is 5.31. The van der Waals surface area contributed by atoms with Crippen LogP contribution in [-0.2, 0) is 4.79 Å². The number of hydrogen-bond acceptors (Lipinski definition) is 3. The molecule has 0 aromatic rings. The van der Waals surface area contributed by atoms with Crippen molar-refractivity contribution in [1.82, 2.24) is 15.5 Å². The van der Waals surface area contributed by atoms with Gasteiger partial charge in [-0.15, -0.1) is 0 Å². The van der Waals surface area contributed by atoms with Crippen LogP contribution in [-0.4, -0.2) is 50.1 Å². The van der Waals surface area contributed by atoms with E-state index in [1.165, 1.54) is 32.4 Å². The van der Waals surface area contributed by atoms with Gasteiger partial charge in [0.1, 0.15) is 0 Å². The molecular weight excluding hydrogens is 262 g/mol. The molecule has 4 heteroatoms. The van der Waals surface area contributed by atoms with E-state index < -0.39 is 0 Å². The Morgan fingerprint density at radius 1 is 1.43 bits per heavy atom. The van der Waals surface area contributed by atoms with Gasteiger partial charge in [-0.25, -0.2) is 0 Å². The molecule has 0 spiro atoms. The number of nitrogens with zero attached hydrogens (tertiary/aromatic N) is 1. The number of carbonyl (C=O) groups is 1. The minimum absolute atomic E-state index is 0.173. The lowest BCUT2D eigenvalue weighted by Gasteiger charge is -2.38. The molecule has 1 amide bonds. The molecule has 0 aromatic carbocycles. The molecule has 0 aromatic heterocycles. The smallest absolute Gasteiger partial charge is 0.225 e. The quantitative estimate of drug-likeness (QED) is 0.832. The largest absolute Gasteiger partial charge is 0.355 e.